The number of aromatic hydroxyl groups is 1. The predicted molar refractivity (Wildman–Crippen MR) is 98.5 cm³/mol. The molecule has 3 aromatic rings. The van der Waals surface area contributed by atoms with Gasteiger partial charge in [0.1, 0.15) is 12.1 Å². The zero-order chi connectivity index (χ0) is 17.1. The van der Waals surface area contributed by atoms with Crippen molar-refractivity contribution in [2.75, 3.05) is 11.4 Å². The molecule has 0 aliphatic carbocycles. The van der Waals surface area contributed by atoms with E-state index in [2.05, 4.69) is 20.9 Å². The van der Waals surface area contributed by atoms with E-state index in [1.54, 1.807) is 6.33 Å². The van der Waals surface area contributed by atoms with Crippen LogP contribution in [0.2, 0.25) is 0 Å². The fraction of sp³-hybridized carbons (Fsp3) is 0.300. The monoisotopic (exact) mass is 321 g/mol. The van der Waals surface area contributed by atoms with E-state index in [4.69, 9.17) is 0 Å². The first-order valence-electron chi connectivity index (χ1n) is 8.48. The first-order chi connectivity index (χ1) is 11.7. The van der Waals surface area contributed by atoms with Crippen LogP contribution < -0.4 is 4.90 Å². The van der Waals surface area contributed by atoms with Gasteiger partial charge in [0.2, 0.25) is 0 Å². The van der Waals surface area contributed by atoms with Crippen LogP contribution in [0.15, 0.2) is 42.7 Å². The van der Waals surface area contributed by atoms with Crippen LogP contribution in [0.5, 0.6) is 5.75 Å². The van der Waals surface area contributed by atoms with Crippen molar-refractivity contribution in [3.05, 3.63) is 59.7 Å². The van der Waals surface area contributed by atoms with Crippen LogP contribution in [0, 0.1) is 6.92 Å². The Hall–Kier alpha value is -2.62. The van der Waals surface area contributed by atoms with E-state index < -0.39 is 0 Å². The van der Waals surface area contributed by atoms with Crippen LogP contribution in [0.1, 0.15) is 30.8 Å². The smallest absolute Gasteiger partial charge is 0.118 e. The lowest BCUT2D eigenvalue weighted by molar-refractivity contribution is 0.476. The van der Waals surface area contributed by atoms with Crippen LogP contribution in [-0.2, 0) is 13.0 Å². The number of phenolic OH excluding ortho intramolecular Hbond substituents is 1. The summed E-state index contributed by atoms with van der Waals surface area (Å²) < 4.78 is 0. The Kier molecular flexibility index (Phi) is 4.65. The lowest BCUT2D eigenvalue weighted by atomic mass is 10.0. The van der Waals surface area contributed by atoms with Crippen molar-refractivity contribution in [3.63, 3.8) is 0 Å². The molecule has 1 aliphatic rings. The van der Waals surface area contributed by atoms with E-state index in [1.165, 1.54) is 5.56 Å². The molecule has 4 heteroatoms. The van der Waals surface area contributed by atoms with Crippen molar-refractivity contribution in [1.82, 2.24) is 9.97 Å². The maximum atomic E-state index is 10.0. The highest BCUT2D eigenvalue weighted by atomic mass is 16.3. The topological polar surface area (TPSA) is 49.2 Å². The molecule has 1 N–H and O–H groups in total. The van der Waals surface area contributed by atoms with Gasteiger partial charge < -0.3 is 10.0 Å². The number of nitrogens with zero attached hydrogens (tertiary/aromatic N) is 3. The summed E-state index contributed by atoms with van der Waals surface area (Å²) in [5.74, 6) is 0.304. The minimum atomic E-state index is 0.304. The third-order valence-electron chi connectivity index (χ3n) is 4.39. The molecule has 2 heterocycles. The Balaban J connectivity index is 0.000000815. The largest absolute Gasteiger partial charge is 0.508 e. The van der Waals surface area contributed by atoms with Crippen molar-refractivity contribution >= 4 is 16.5 Å². The average molecular weight is 321 g/mol. The number of hydrogen-bond acceptors (Lipinski definition) is 4. The van der Waals surface area contributed by atoms with Gasteiger partial charge in [-0.15, -0.1) is 0 Å². The molecular weight excluding hydrogens is 298 g/mol. The number of fused-ring (bicyclic) bond motifs is 2. The molecule has 0 spiro atoms. The van der Waals surface area contributed by atoms with Crippen LogP contribution >= 0.6 is 0 Å². The fourth-order valence-electron chi connectivity index (χ4n) is 3.26. The molecule has 0 atom stereocenters. The third-order valence-corrected chi connectivity index (χ3v) is 4.39. The van der Waals surface area contributed by atoms with Crippen molar-refractivity contribution in [1.29, 1.82) is 0 Å². The van der Waals surface area contributed by atoms with Gasteiger partial charge >= 0.3 is 0 Å². The summed E-state index contributed by atoms with van der Waals surface area (Å²) in [5.41, 5.74) is 4.50. The molecule has 0 radical (unpaired) electrons. The van der Waals surface area contributed by atoms with Gasteiger partial charge in [0, 0.05) is 29.4 Å². The van der Waals surface area contributed by atoms with E-state index >= 15 is 0 Å². The van der Waals surface area contributed by atoms with Crippen LogP contribution in [0.3, 0.4) is 0 Å². The zero-order valence-electron chi connectivity index (χ0n) is 14.5. The van der Waals surface area contributed by atoms with Gasteiger partial charge in [0.25, 0.3) is 0 Å². The molecule has 4 rings (SSSR count). The van der Waals surface area contributed by atoms with E-state index in [1.807, 2.05) is 51.1 Å². The van der Waals surface area contributed by atoms with Crippen LogP contribution in [0.25, 0.3) is 10.8 Å². The Labute approximate surface area is 142 Å². The fourth-order valence-corrected chi connectivity index (χ4v) is 3.26. The summed E-state index contributed by atoms with van der Waals surface area (Å²) in [6.07, 6.45) is 2.57. The summed E-state index contributed by atoms with van der Waals surface area (Å²) in [6, 6.07) is 11.8. The van der Waals surface area contributed by atoms with Crippen molar-refractivity contribution in [2.45, 2.75) is 33.7 Å². The molecule has 1 aliphatic heterocycles. The third kappa shape index (κ3) is 2.92. The normalized spacial score (nSPS) is 13.2. The minimum absolute atomic E-state index is 0.304. The Bertz CT molecular complexity index is 861. The van der Waals surface area contributed by atoms with Crippen molar-refractivity contribution in [2.24, 2.45) is 0 Å². The number of phenols is 1. The summed E-state index contributed by atoms with van der Waals surface area (Å²) in [7, 11) is 0. The van der Waals surface area contributed by atoms with E-state index in [-0.39, 0.29) is 0 Å². The Morgan fingerprint density at radius 3 is 2.71 bits per heavy atom. The molecule has 0 saturated carbocycles. The van der Waals surface area contributed by atoms with Gasteiger partial charge in [-0.05, 0) is 30.4 Å². The standard InChI is InChI=1S/C18H17N3O.C2H6/c1-12-15-6-7-21(10-17(15)20-11-19-12)18-9-14(22)8-13-4-2-3-5-16(13)18;1-2/h2-5,8-9,11,22H,6-7,10H2,1H3;1-2H3. The van der Waals surface area contributed by atoms with Gasteiger partial charge in [0.05, 0.1) is 12.2 Å². The van der Waals surface area contributed by atoms with Crippen molar-refractivity contribution < 1.29 is 5.11 Å². The minimum Gasteiger partial charge on any atom is -0.508 e. The molecule has 1 aromatic heterocycles. The molecule has 2 aromatic carbocycles. The molecule has 0 fully saturated rings. The summed E-state index contributed by atoms with van der Waals surface area (Å²) in [4.78, 5) is 11.0. The maximum absolute atomic E-state index is 10.0. The molecule has 24 heavy (non-hydrogen) atoms. The number of rotatable bonds is 1. The second-order valence-corrected chi connectivity index (χ2v) is 5.74. The SMILES string of the molecule is CC.Cc1ncnc2c1CCN(c1cc(O)cc3ccccc13)C2. The summed E-state index contributed by atoms with van der Waals surface area (Å²) >= 11 is 0. The molecule has 4 nitrogen and oxygen atoms in total. The van der Waals surface area contributed by atoms with E-state index in [0.717, 1.165) is 47.4 Å². The Morgan fingerprint density at radius 2 is 1.88 bits per heavy atom. The number of benzene rings is 2. The second-order valence-electron chi connectivity index (χ2n) is 5.74. The van der Waals surface area contributed by atoms with E-state index in [0.29, 0.717) is 5.75 Å². The average Bonchev–Trinajstić information content (AvgIpc) is 2.62. The molecule has 0 saturated heterocycles. The van der Waals surface area contributed by atoms with Crippen LogP contribution in [0.4, 0.5) is 5.69 Å². The van der Waals surface area contributed by atoms with E-state index in [9.17, 15) is 5.11 Å². The highest BCUT2D eigenvalue weighted by Crippen LogP contribution is 2.34. The maximum Gasteiger partial charge on any atom is 0.118 e. The predicted octanol–water partition coefficient (Wildman–Crippen LogP) is 4.23. The first-order valence-corrected chi connectivity index (χ1v) is 8.48. The van der Waals surface area contributed by atoms with Gasteiger partial charge in [0.15, 0.2) is 0 Å². The van der Waals surface area contributed by atoms with Crippen LogP contribution in [-0.4, -0.2) is 21.6 Å². The van der Waals surface area contributed by atoms with Gasteiger partial charge in [-0.25, -0.2) is 9.97 Å². The Morgan fingerprint density at radius 1 is 1.08 bits per heavy atom. The number of aryl methyl sites for hydroxylation is 1. The summed E-state index contributed by atoms with van der Waals surface area (Å²) in [6.45, 7) is 7.71. The lowest BCUT2D eigenvalue weighted by Crippen LogP contribution is -2.31. The zero-order valence-corrected chi connectivity index (χ0v) is 14.5. The van der Waals surface area contributed by atoms with Gasteiger partial charge in [-0.2, -0.15) is 0 Å². The molecule has 124 valence electrons. The molecule has 0 amide bonds. The quantitative estimate of drug-likeness (QED) is 0.728. The lowest BCUT2D eigenvalue weighted by Gasteiger charge is -2.31. The molecule has 0 bridgehead atoms. The van der Waals surface area contributed by atoms with Gasteiger partial charge in [-0.1, -0.05) is 38.1 Å². The highest BCUT2D eigenvalue weighted by Gasteiger charge is 2.21. The number of anilines is 1. The summed E-state index contributed by atoms with van der Waals surface area (Å²) in [5, 5.41) is 12.2. The van der Waals surface area contributed by atoms with Gasteiger partial charge in [-0.3, -0.25) is 0 Å². The second kappa shape index (κ2) is 6.87. The molecular formula is C20H23N3O. The highest BCUT2D eigenvalue weighted by molar-refractivity contribution is 5.95. The number of hydrogen-bond donors (Lipinski definition) is 1. The number of aromatic nitrogens is 2. The first kappa shape index (κ1) is 16.2. The van der Waals surface area contributed by atoms with Crippen molar-refractivity contribution in [3.8, 4) is 5.75 Å². The molecule has 0 unspecified atom stereocenters.